The van der Waals surface area contributed by atoms with Crippen LogP contribution in [0, 0.1) is 6.92 Å². The molecule has 0 saturated heterocycles. The first-order valence-electron chi connectivity index (χ1n) is 6.96. The molecule has 3 rings (SSSR count). The van der Waals surface area contributed by atoms with E-state index >= 15 is 0 Å². The molecular formula is C15H20N4. The van der Waals surface area contributed by atoms with Crippen LogP contribution in [0.4, 0.5) is 5.69 Å². The minimum absolute atomic E-state index is 0.373. The molecule has 4 nitrogen and oxygen atoms in total. The lowest BCUT2D eigenvalue weighted by Crippen LogP contribution is -2.14. The van der Waals surface area contributed by atoms with E-state index in [1.165, 1.54) is 23.2 Å². The second-order valence-electron chi connectivity index (χ2n) is 5.40. The molecule has 0 aliphatic carbocycles. The van der Waals surface area contributed by atoms with Crippen molar-refractivity contribution in [3.05, 3.63) is 29.6 Å². The van der Waals surface area contributed by atoms with Crippen LogP contribution in [0.25, 0.3) is 11.4 Å². The molecule has 0 spiro atoms. The lowest BCUT2D eigenvalue weighted by atomic mass is 9.97. The van der Waals surface area contributed by atoms with Gasteiger partial charge in [-0.25, -0.2) is 0 Å². The number of benzene rings is 1. The van der Waals surface area contributed by atoms with Gasteiger partial charge in [-0.15, -0.1) is 10.2 Å². The van der Waals surface area contributed by atoms with E-state index < -0.39 is 0 Å². The van der Waals surface area contributed by atoms with Gasteiger partial charge in [0, 0.05) is 23.8 Å². The molecule has 0 bridgehead atoms. The molecular weight excluding hydrogens is 236 g/mol. The third-order valence-corrected chi connectivity index (χ3v) is 3.72. The predicted molar refractivity (Wildman–Crippen MR) is 77.4 cm³/mol. The maximum Gasteiger partial charge on any atom is 0.164 e. The maximum atomic E-state index is 4.40. The van der Waals surface area contributed by atoms with E-state index in [0.717, 1.165) is 24.6 Å². The Hall–Kier alpha value is -1.84. The number of rotatable bonds is 2. The van der Waals surface area contributed by atoms with Gasteiger partial charge in [-0.05, 0) is 45.2 Å². The summed E-state index contributed by atoms with van der Waals surface area (Å²) in [6.45, 7) is 7.43. The number of fused-ring (bicyclic) bond motifs is 1. The van der Waals surface area contributed by atoms with E-state index in [2.05, 4.69) is 52.1 Å². The molecule has 2 heterocycles. The zero-order valence-electron chi connectivity index (χ0n) is 11.8. The molecule has 0 saturated carbocycles. The smallest absolute Gasteiger partial charge is 0.164 e. The van der Waals surface area contributed by atoms with E-state index in [1.54, 1.807) is 0 Å². The van der Waals surface area contributed by atoms with Crippen LogP contribution in [0.2, 0.25) is 0 Å². The minimum atomic E-state index is 0.373. The van der Waals surface area contributed by atoms with Crippen molar-refractivity contribution in [1.29, 1.82) is 0 Å². The number of anilines is 1. The van der Waals surface area contributed by atoms with Crippen LogP contribution in [0.3, 0.4) is 0 Å². The highest BCUT2D eigenvalue weighted by atomic mass is 15.3. The molecule has 0 radical (unpaired) electrons. The molecule has 1 aromatic heterocycles. The third kappa shape index (κ3) is 2.01. The SMILES string of the molecule is Cc1nnc(-c2cccc3c2CCCN3)n1C(C)C. The van der Waals surface area contributed by atoms with Crippen LogP contribution in [0.1, 0.15) is 37.7 Å². The summed E-state index contributed by atoms with van der Waals surface area (Å²) in [5.74, 6) is 1.97. The van der Waals surface area contributed by atoms with E-state index in [9.17, 15) is 0 Å². The molecule has 0 atom stereocenters. The molecule has 1 aliphatic rings. The summed E-state index contributed by atoms with van der Waals surface area (Å²) in [7, 11) is 0. The van der Waals surface area contributed by atoms with Gasteiger partial charge in [0.15, 0.2) is 5.82 Å². The maximum absolute atomic E-state index is 4.40. The largest absolute Gasteiger partial charge is 0.385 e. The van der Waals surface area contributed by atoms with Gasteiger partial charge in [0.2, 0.25) is 0 Å². The second kappa shape index (κ2) is 4.68. The topological polar surface area (TPSA) is 42.7 Å². The van der Waals surface area contributed by atoms with Gasteiger partial charge in [0.1, 0.15) is 5.82 Å². The Morgan fingerprint density at radius 3 is 2.89 bits per heavy atom. The zero-order valence-corrected chi connectivity index (χ0v) is 11.8. The Labute approximate surface area is 113 Å². The molecule has 1 aromatic carbocycles. The van der Waals surface area contributed by atoms with Crippen molar-refractivity contribution in [3.8, 4) is 11.4 Å². The average molecular weight is 256 g/mol. The highest BCUT2D eigenvalue weighted by molar-refractivity contribution is 5.71. The number of aryl methyl sites for hydroxylation is 1. The van der Waals surface area contributed by atoms with Gasteiger partial charge in [-0.1, -0.05) is 12.1 Å². The van der Waals surface area contributed by atoms with Crippen LogP contribution >= 0.6 is 0 Å². The van der Waals surface area contributed by atoms with E-state index in [0.29, 0.717) is 6.04 Å². The van der Waals surface area contributed by atoms with E-state index in [1.807, 2.05) is 6.92 Å². The fraction of sp³-hybridized carbons (Fsp3) is 0.467. The van der Waals surface area contributed by atoms with Gasteiger partial charge < -0.3 is 9.88 Å². The van der Waals surface area contributed by atoms with Gasteiger partial charge in [0.25, 0.3) is 0 Å². The summed E-state index contributed by atoms with van der Waals surface area (Å²) in [5, 5.41) is 12.1. The summed E-state index contributed by atoms with van der Waals surface area (Å²) in [6, 6.07) is 6.79. The quantitative estimate of drug-likeness (QED) is 0.897. The number of nitrogens with one attached hydrogen (secondary N) is 1. The fourth-order valence-electron chi connectivity index (χ4n) is 2.89. The number of hydrogen-bond acceptors (Lipinski definition) is 3. The molecule has 1 aliphatic heterocycles. The van der Waals surface area contributed by atoms with Crippen molar-refractivity contribution < 1.29 is 0 Å². The Morgan fingerprint density at radius 1 is 1.26 bits per heavy atom. The van der Waals surface area contributed by atoms with E-state index in [4.69, 9.17) is 0 Å². The van der Waals surface area contributed by atoms with Crippen LogP contribution < -0.4 is 5.32 Å². The highest BCUT2D eigenvalue weighted by Gasteiger charge is 2.19. The first-order valence-corrected chi connectivity index (χ1v) is 6.96. The van der Waals surface area contributed by atoms with Crippen LogP contribution in [-0.4, -0.2) is 21.3 Å². The third-order valence-electron chi connectivity index (χ3n) is 3.72. The van der Waals surface area contributed by atoms with Gasteiger partial charge in [0.05, 0.1) is 0 Å². The molecule has 1 N–H and O–H groups in total. The molecule has 4 heteroatoms. The van der Waals surface area contributed by atoms with Crippen molar-refractivity contribution in [1.82, 2.24) is 14.8 Å². The molecule has 2 aromatic rings. The van der Waals surface area contributed by atoms with Crippen molar-refractivity contribution >= 4 is 5.69 Å². The Bertz CT molecular complexity index is 598. The standard InChI is InChI=1S/C15H20N4/c1-10(2)19-11(3)17-18-15(19)13-6-4-8-14-12(13)7-5-9-16-14/h4,6,8,10,16H,5,7,9H2,1-3H3. The Kier molecular flexibility index (Phi) is 3.01. The summed E-state index contributed by atoms with van der Waals surface area (Å²) in [6.07, 6.45) is 2.29. The lowest BCUT2D eigenvalue weighted by Gasteiger charge is -2.21. The van der Waals surface area contributed by atoms with Crippen LogP contribution in [-0.2, 0) is 6.42 Å². The predicted octanol–water partition coefficient (Wildman–Crippen LogP) is 3.19. The number of aromatic nitrogens is 3. The second-order valence-corrected chi connectivity index (χ2v) is 5.40. The van der Waals surface area contributed by atoms with Crippen molar-refractivity contribution in [2.45, 2.75) is 39.7 Å². The molecule has 0 amide bonds. The lowest BCUT2D eigenvalue weighted by molar-refractivity contribution is 0.587. The van der Waals surface area contributed by atoms with E-state index in [-0.39, 0.29) is 0 Å². The Balaban J connectivity index is 2.18. The zero-order chi connectivity index (χ0) is 13.4. The van der Waals surface area contributed by atoms with Gasteiger partial charge in [-0.2, -0.15) is 0 Å². The van der Waals surface area contributed by atoms with Crippen LogP contribution in [0.5, 0.6) is 0 Å². The first kappa shape index (κ1) is 12.2. The fourth-order valence-corrected chi connectivity index (χ4v) is 2.89. The average Bonchev–Trinajstić information content (AvgIpc) is 2.80. The summed E-state index contributed by atoms with van der Waals surface area (Å²) >= 11 is 0. The van der Waals surface area contributed by atoms with Crippen LogP contribution in [0.15, 0.2) is 18.2 Å². The molecule has 0 fully saturated rings. The number of hydrogen-bond donors (Lipinski definition) is 1. The minimum Gasteiger partial charge on any atom is -0.385 e. The van der Waals surface area contributed by atoms with Gasteiger partial charge in [-0.3, -0.25) is 0 Å². The normalized spacial score (nSPS) is 14.3. The summed E-state index contributed by atoms with van der Waals surface area (Å²) in [5.41, 5.74) is 3.85. The monoisotopic (exact) mass is 256 g/mol. The first-order chi connectivity index (χ1) is 9.18. The summed E-state index contributed by atoms with van der Waals surface area (Å²) < 4.78 is 2.21. The highest BCUT2D eigenvalue weighted by Crippen LogP contribution is 2.32. The molecule has 0 unspecified atom stereocenters. The number of nitrogens with zero attached hydrogens (tertiary/aromatic N) is 3. The van der Waals surface area contributed by atoms with Crippen molar-refractivity contribution in [3.63, 3.8) is 0 Å². The Morgan fingerprint density at radius 2 is 2.11 bits per heavy atom. The van der Waals surface area contributed by atoms with Crippen molar-refractivity contribution in [2.75, 3.05) is 11.9 Å². The van der Waals surface area contributed by atoms with Gasteiger partial charge >= 0.3 is 0 Å². The molecule has 100 valence electrons. The molecule has 19 heavy (non-hydrogen) atoms. The van der Waals surface area contributed by atoms with Crippen molar-refractivity contribution in [2.24, 2.45) is 0 Å². The summed E-state index contributed by atoms with van der Waals surface area (Å²) in [4.78, 5) is 0.